The number of carbonyl (C=O) groups excluding carboxylic acids is 2. The number of nitriles is 1. The molecule has 2 heterocycles. The number of anilines is 1. The van der Waals surface area contributed by atoms with Crippen molar-refractivity contribution in [3.63, 3.8) is 0 Å². The lowest BCUT2D eigenvalue weighted by Crippen LogP contribution is -2.41. The van der Waals surface area contributed by atoms with Gasteiger partial charge in [0.25, 0.3) is 5.91 Å². The second-order valence-electron chi connectivity index (χ2n) is 7.08. The average molecular weight is 547 g/mol. The summed E-state index contributed by atoms with van der Waals surface area (Å²) in [5.41, 5.74) is 5.04. The first-order chi connectivity index (χ1) is 16.3. The second-order valence-corrected chi connectivity index (χ2v) is 8.30. The minimum absolute atomic E-state index is 0.196. The minimum Gasteiger partial charge on any atom is -0.452 e. The van der Waals surface area contributed by atoms with Crippen molar-refractivity contribution in [2.24, 2.45) is 0 Å². The van der Waals surface area contributed by atoms with E-state index in [0.717, 1.165) is 0 Å². The summed E-state index contributed by atoms with van der Waals surface area (Å²) < 4.78 is 6.44. The summed E-state index contributed by atoms with van der Waals surface area (Å²) in [5.74, 6) is -0.158. The van der Waals surface area contributed by atoms with E-state index in [1.807, 2.05) is 6.92 Å². The van der Waals surface area contributed by atoms with Gasteiger partial charge in [-0.15, -0.1) is 0 Å². The molecule has 0 bridgehead atoms. The van der Waals surface area contributed by atoms with Crippen molar-refractivity contribution in [1.29, 1.82) is 5.26 Å². The molecule has 3 aromatic rings. The molecule has 0 radical (unpaired) electrons. The van der Waals surface area contributed by atoms with Crippen LogP contribution in [0.3, 0.4) is 0 Å². The monoisotopic (exact) mass is 545 g/mol. The molecular formula is C22H21BrClN7O3. The number of pyridine rings is 1. The number of nitrogens with one attached hydrogen (secondary N) is 2. The number of aryl methyl sites for hydroxylation is 1. The first-order valence-corrected chi connectivity index (χ1v) is 11.2. The number of carbonyl (C=O) groups is 2. The number of ether oxygens (including phenoxy) is 1. The van der Waals surface area contributed by atoms with E-state index < -0.39 is 12.0 Å². The lowest BCUT2D eigenvalue weighted by molar-refractivity contribution is 0.101. The Hall–Kier alpha value is -3.46. The summed E-state index contributed by atoms with van der Waals surface area (Å²) in [7, 11) is 1.27. The first-order valence-electron chi connectivity index (χ1n) is 10.1. The van der Waals surface area contributed by atoms with Crippen LogP contribution in [0, 0.1) is 18.3 Å². The topological polar surface area (TPSA) is 125 Å². The standard InChI is InChI=1S/C22H21BrClN7O3/c1-4-30(29-22(33)34-3)12-15-9-14(11-25)8-13(2)19(15)27-21(32)17-10-18(23)28-31(17)20-16(24)6-5-7-26-20/h5-10H,4,12H2,1-3H3,(H,27,32)(H,29,33). The third-order valence-corrected chi connectivity index (χ3v) is 5.50. The molecular weight excluding hydrogens is 526 g/mol. The number of amides is 2. The highest BCUT2D eigenvalue weighted by molar-refractivity contribution is 9.10. The lowest BCUT2D eigenvalue weighted by atomic mass is 10.0. The fraction of sp³-hybridized carbons (Fsp3) is 0.227. The highest BCUT2D eigenvalue weighted by Crippen LogP contribution is 2.27. The maximum atomic E-state index is 13.3. The number of rotatable bonds is 7. The maximum Gasteiger partial charge on any atom is 0.421 e. The number of nitrogens with zero attached hydrogens (tertiary/aromatic N) is 5. The van der Waals surface area contributed by atoms with Gasteiger partial charge < -0.3 is 10.1 Å². The van der Waals surface area contributed by atoms with Crippen molar-refractivity contribution in [2.45, 2.75) is 20.4 Å². The third kappa shape index (κ3) is 5.72. The van der Waals surface area contributed by atoms with Crippen molar-refractivity contribution >= 4 is 45.2 Å². The van der Waals surface area contributed by atoms with Crippen LogP contribution < -0.4 is 10.7 Å². The largest absolute Gasteiger partial charge is 0.452 e. The van der Waals surface area contributed by atoms with E-state index in [4.69, 9.17) is 11.6 Å². The van der Waals surface area contributed by atoms with Crippen LogP contribution in [0.15, 0.2) is 41.1 Å². The fourth-order valence-electron chi connectivity index (χ4n) is 3.23. The Labute approximate surface area is 209 Å². The Morgan fingerprint density at radius 1 is 1.35 bits per heavy atom. The van der Waals surface area contributed by atoms with Crippen LogP contribution in [0.5, 0.6) is 0 Å². The molecule has 0 aliphatic rings. The van der Waals surface area contributed by atoms with Gasteiger partial charge in [0.2, 0.25) is 0 Å². The Kier molecular flexibility index (Phi) is 8.22. The molecule has 2 N–H and O–H groups in total. The summed E-state index contributed by atoms with van der Waals surface area (Å²) in [4.78, 5) is 29.3. The number of benzene rings is 1. The van der Waals surface area contributed by atoms with Gasteiger partial charge in [-0.2, -0.15) is 10.4 Å². The molecule has 0 atom stereocenters. The molecule has 0 aliphatic carbocycles. The van der Waals surface area contributed by atoms with Gasteiger partial charge in [0.15, 0.2) is 5.82 Å². The number of halogens is 2. The molecule has 0 unspecified atom stereocenters. The van der Waals surface area contributed by atoms with Crippen LogP contribution in [0.25, 0.3) is 5.82 Å². The van der Waals surface area contributed by atoms with Crippen LogP contribution in [0.1, 0.15) is 34.1 Å². The molecule has 12 heteroatoms. The van der Waals surface area contributed by atoms with E-state index in [0.29, 0.717) is 44.4 Å². The molecule has 0 fully saturated rings. The number of aromatic nitrogens is 3. The van der Waals surface area contributed by atoms with Gasteiger partial charge >= 0.3 is 6.09 Å². The highest BCUT2D eigenvalue weighted by atomic mass is 79.9. The van der Waals surface area contributed by atoms with Crippen LogP contribution in [-0.2, 0) is 11.3 Å². The average Bonchev–Trinajstić information content (AvgIpc) is 3.21. The van der Waals surface area contributed by atoms with Gasteiger partial charge in [-0.3, -0.25) is 10.2 Å². The van der Waals surface area contributed by atoms with E-state index in [2.05, 4.69) is 47.6 Å². The molecule has 0 saturated heterocycles. The van der Waals surface area contributed by atoms with Gasteiger partial charge in [-0.1, -0.05) is 18.5 Å². The molecule has 1 aromatic carbocycles. The molecule has 176 valence electrons. The quantitative estimate of drug-likeness (QED) is 0.425. The van der Waals surface area contributed by atoms with Gasteiger partial charge in [0, 0.05) is 31.0 Å². The zero-order chi connectivity index (χ0) is 24.8. The molecule has 34 heavy (non-hydrogen) atoms. The summed E-state index contributed by atoms with van der Waals surface area (Å²) in [6, 6.07) is 10.3. The van der Waals surface area contributed by atoms with E-state index in [-0.39, 0.29) is 12.2 Å². The second kappa shape index (κ2) is 11.1. The molecule has 0 aliphatic heterocycles. The number of hydrazine groups is 1. The smallest absolute Gasteiger partial charge is 0.421 e. The highest BCUT2D eigenvalue weighted by Gasteiger charge is 2.21. The van der Waals surface area contributed by atoms with Gasteiger partial charge in [-0.05, 0) is 58.2 Å². The number of hydrogen-bond donors (Lipinski definition) is 2. The normalized spacial score (nSPS) is 10.6. The van der Waals surface area contributed by atoms with Gasteiger partial charge in [0.05, 0.1) is 23.8 Å². The van der Waals surface area contributed by atoms with Crippen molar-refractivity contribution in [3.8, 4) is 11.9 Å². The third-order valence-electron chi connectivity index (χ3n) is 4.81. The SMILES string of the molecule is CCN(Cc1cc(C#N)cc(C)c1NC(=O)c1cc(Br)nn1-c1ncccc1Cl)NC(=O)OC. The zero-order valence-electron chi connectivity index (χ0n) is 18.6. The van der Waals surface area contributed by atoms with E-state index >= 15 is 0 Å². The first kappa shape index (κ1) is 25.2. The Morgan fingerprint density at radius 3 is 2.76 bits per heavy atom. The summed E-state index contributed by atoms with van der Waals surface area (Å²) in [6.45, 7) is 4.30. The molecule has 0 spiro atoms. The number of hydrogen-bond acceptors (Lipinski definition) is 7. The van der Waals surface area contributed by atoms with Crippen LogP contribution in [0.4, 0.5) is 10.5 Å². The Bertz CT molecular complexity index is 1270. The van der Waals surface area contributed by atoms with Crippen molar-refractivity contribution in [1.82, 2.24) is 25.2 Å². The van der Waals surface area contributed by atoms with Crippen LogP contribution >= 0.6 is 27.5 Å². The summed E-state index contributed by atoms with van der Waals surface area (Å²) in [6.07, 6.45) is 0.927. The summed E-state index contributed by atoms with van der Waals surface area (Å²) in [5, 5.41) is 18.6. The predicted octanol–water partition coefficient (Wildman–Crippen LogP) is 4.21. The predicted molar refractivity (Wildman–Crippen MR) is 130 cm³/mol. The van der Waals surface area contributed by atoms with Crippen LogP contribution in [-0.4, -0.2) is 45.4 Å². The lowest BCUT2D eigenvalue weighted by Gasteiger charge is -2.23. The molecule has 10 nitrogen and oxygen atoms in total. The van der Waals surface area contributed by atoms with E-state index in [1.165, 1.54) is 11.8 Å². The van der Waals surface area contributed by atoms with Gasteiger partial charge in [0.1, 0.15) is 10.3 Å². The van der Waals surface area contributed by atoms with Crippen LogP contribution in [0.2, 0.25) is 5.02 Å². The Balaban J connectivity index is 1.99. The molecule has 3 rings (SSSR count). The summed E-state index contributed by atoms with van der Waals surface area (Å²) >= 11 is 9.56. The zero-order valence-corrected chi connectivity index (χ0v) is 20.9. The van der Waals surface area contributed by atoms with E-state index in [1.54, 1.807) is 48.5 Å². The Morgan fingerprint density at radius 2 is 2.12 bits per heavy atom. The van der Waals surface area contributed by atoms with Crippen molar-refractivity contribution in [2.75, 3.05) is 19.0 Å². The fourth-order valence-corrected chi connectivity index (χ4v) is 3.80. The number of methoxy groups -OCH3 is 1. The van der Waals surface area contributed by atoms with Crippen molar-refractivity contribution < 1.29 is 14.3 Å². The maximum absolute atomic E-state index is 13.3. The van der Waals surface area contributed by atoms with E-state index in [9.17, 15) is 14.9 Å². The van der Waals surface area contributed by atoms with Gasteiger partial charge in [-0.25, -0.2) is 19.5 Å². The molecule has 0 saturated carbocycles. The minimum atomic E-state index is -0.624. The van der Waals surface area contributed by atoms with Crippen molar-refractivity contribution in [3.05, 3.63) is 68.5 Å². The molecule has 2 aromatic heterocycles. The molecule has 2 amide bonds.